The molecular weight excluding hydrogens is 335 g/mol. The molecule has 0 unspecified atom stereocenters. The van der Waals surface area contributed by atoms with Crippen molar-refractivity contribution in [1.29, 1.82) is 0 Å². The number of hydrogen-bond donors (Lipinski definition) is 0. The van der Waals surface area contributed by atoms with Crippen molar-refractivity contribution in [3.63, 3.8) is 0 Å². The molecule has 2 aromatic rings. The summed E-state index contributed by atoms with van der Waals surface area (Å²) in [7, 11) is 2.64. The summed E-state index contributed by atoms with van der Waals surface area (Å²) in [6, 6.07) is 7.53. The minimum Gasteiger partial charge on any atom is -0.493 e. The van der Waals surface area contributed by atoms with Gasteiger partial charge in [0.1, 0.15) is 5.78 Å². The fourth-order valence-electron chi connectivity index (χ4n) is 2.40. The highest BCUT2D eigenvalue weighted by Gasteiger charge is 2.26. The lowest BCUT2D eigenvalue weighted by Gasteiger charge is -2.15. The highest BCUT2D eigenvalue weighted by molar-refractivity contribution is 6.30. The van der Waals surface area contributed by atoms with Crippen LogP contribution in [0.3, 0.4) is 0 Å². The molecule has 0 bridgehead atoms. The first-order chi connectivity index (χ1) is 11.4. The van der Waals surface area contributed by atoms with Crippen molar-refractivity contribution in [1.82, 2.24) is 0 Å². The summed E-state index contributed by atoms with van der Waals surface area (Å²) in [5.74, 6) is -1.66. The Kier molecular flexibility index (Phi) is 5.57. The van der Waals surface area contributed by atoms with E-state index in [0.29, 0.717) is 5.02 Å². The van der Waals surface area contributed by atoms with E-state index in [4.69, 9.17) is 21.1 Å². The molecule has 4 nitrogen and oxygen atoms in total. The van der Waals surface area contributed by atoms with Gasteiger partial charge in [0.15, 0.2) is 23.1 Å². The average Bonchev–Trinajstić information content (AvgIpc) is 2.54. The van der Waals surface area contributed by atoms with E-state index in [-0.39, 0.29) is 40.4 Å². The molecule has 0 aliphatic carbocycles. The lowest BCUT2D eigenvalue weighted by atomic mass is 9.94. The summed E-state index contributed by atoms with van der Waals surface area (Å²) in [6.45, 7) is 1.37. The zero-order chi connectivity index (χ0) is 17.9. The third kappa shape index (κ3) is 3.57. The molecular formula is C18H16ClFO4. The molecule has 24 heavy (non-hydrogen) atoms. The molecule has 0 N–H and O–H groups in total. The average molecular weight is 351 g/mol. The number of benzene rings is 2. The molecule has 126 valence electrons. The molecule has 0 spiro atoms. The van der Waals surface area contributed by atoms with Crippen LogP contribution in [-0.4, -0.2) is 25.8 Å². The van der Waals surface area contributed by atoms with Gasteiger partial charge in [0.25, 0.3) is 0 Å². The zero-order valence-corrected chi connectivity index (χ0v) is 14.2. The summed E-state index contributed by atoms with van der Waals surface area (Å²) in [5, 5.41) is 0.461. The third-order valence-electron chi connectivity index (χ3n) is 3.47. The van der Waals surface area contributed by atoms with Gasteiger partial charge in [0.2, 0.25) is 0 Å². The molecule has 0 amide bonds. The number of Topliss-reactive ketones (excluding diaryl/α,β-unsaturated/α-hetero) is 1. The maximum absolute atomic E-state index is 14.9. The summed E-state index contributed by atoms with van der Waals surface area (Å²) >= 11 is 5.81. The molecule has 0 saturated carbocycles. The van der Waals surface area contributed by atoms with Crippen LogP contribution in [0.1, 0.15) is 28.4 Å². The zero-order valence-electron chi connectivity index (χ0n) is 13.5. The molecule has 2 rings (SSSR count). The van der Waals surface area contributed by atoms with Crippen LogP contribution in [0, 0.1) is 5.82 Å². The number of rotatable bonds is 6. The van der Waals surface area contributed by atoms with Gasteiger partial charge >= 0.3 is 0 Å². The topological polar surface area (TPSA) is 52.6 Å². The molecule has 0 aromatic heterocycles. The van der Waals surface area contributed by atoms with Crippen LogP contribution in [0.2, 0.25) is 5.02 Å². The Morgan fingerprint density at radius 3 is 2.25 bits per heavy atom. The number of ketones is 2. The van der Waals surface area contributed by atoms with Crippen LogP contribution < -0.4 is 9.47 Å². The van der Waals surface area contributed by atoms with Gasteiger partial charge in [-0.05, 0) is 42.8 Å². The molecule has 0 atom stereocenters. The largest absolute Gasteiger partial charge is 0.493 e. The standard InChI is InChI=1S/C18H16ClFO4/c1-10(21)8-12-9-14(23-2)18(24-3)16(20)15(12)17(22)11-4-6-13(19)7-5-11/h4-7,9H,8H2,1-3H3. The van der Waals surface area contributed by atoms with Gasteiger partial charge in [0.05, 0.1) is 19.8 Å². The van der Waals surface area contributed by atoms with Crippen molar-refractivity contribution >= 4 is 23.2 Å². The minimum absolute atomic E-state index is 0.0913. The van der Waals surface area contributed by atoms with Gasteiger partial charge in [0, 0.05) is 17.0 Å². The van der Waals surface area contributed by atoms with Crippen molar-refractivity contribution < 1.29 is 23.5 Å². The van der Waals surface area contributed by atoms with Crippen molar-refractivity contribution in [2.75, 3.05) is 14.2 Å². The monoisotopic (exact) mass is 350 g/mol. The molecule has 0 aliphatic rings. The summed E-state index contributed by atoms with van der Waals surface area (Å²) < 4.78 is 25.0. The highest BCUT2D eigenvalue weighted by atomic mass is 35.5. The lowest BCUT2D eigenvalue weighted by molar-refractivity contribution is -0.116. The number of carbonyl (C=O) groups excluding carboxylic acids is 2. The molecule has 0 fully saturated rings. The minimum atomic E-state index is -0.854. The second-order valence-electron chi connectivity index (χ2n) is 5.17. The second-order valence-corrected chi connectivity index (χ2v) is 5.61. The summed E-state index contributed by atoms with van der Waals surface area (Å²) in [4.78, 5) is 24.3. The first kappa shape index (κ1) is 17.9. The van der Waals surface area contributed by atoms with Crippen molar-refractivity contribution in [3.05, 3.63) is 57.9 Å². The van der Waals surface area contributed by atoms with Crippen molar-refractivity contribution in [2.45, 2.75) is 13.3 Å². The van der Waals surface area contributed by atoms with Gasteiger partial charge in [-0.15, -0.1) is 0 Å². The molecule has 6 heteroatoms. The van der Waals surface area contributed by atoms with Crippen molar-refractivity contribution in [3.8, 4) is 11.5 Å². The van der Waals surface area contributed by atoms with E-state index in [0.717, 1.165) is 0 Å². The molecule has 0 heterocycles. The van der Waals surface area contributed by atoms with Gasteiger partial charge in [-0.2, -0.15) is 0 Å². The predicted molar refractivity (Wildman–Crippen MR) is 88.8 cm³/mol. The first-order valence-electron chi connectivity index (χ1n) is 7.12. The molecule has 0 radical (unpaired) electrons. The Morgan fingerprint density at radius 2 is 1.75 bits per heavy atom. The summed E-state index contributed by atoms with van der Waals surface area (Å²) in [5.41, 5.74) is 0.304. The SMILES string of the molecule is COc1cc(CC(C)=O)c(C(=O)c2ccc(Cl)cc2)c(F)c1OC. The maximum Gasteiger partial charge on any atom is 0.197 e. The smallest absolute Gasteiger partial charge is 0.197 e. The van der Waals surface area contributed by atoms with Crippen LogP contribution in [0.5, 0.6) is 11.5 Å². The second kappa shape index (κ2) is 7.45. The number of carbonyl (C=O) groups is 2. The van der Waals surface area contributed by atoms with Crippen LogP contribution in [0.15, 0.2) is 30.3 Å². The fourth-order valence-corrected chi connectivity index (χ4v) is 2.53. The Morgan fingerprint density at radius 1 is 1.12 bits per heavy atom. The van der Waals surface area contributed by atoms with E-state index in [9.17, 15) is 14.0 Å². The number of methoxy groups -OCH3 is 2. The lowest BCUT2D eigenvalue weighted by Crippen LogP contribution is -2.13. The molecule has 0 aliphatic heterocycles. The Labute approximate surface area is 144 Å². The van der Waals surface area contributed by atoms with E-state index in [2.05, 4.69) is 0 Å². The van der Waals surface area contributed by atoms with E-state index < -0.39 is 11.6 Å². The first-order valence-corrected chi connectivity index (χ1v) is 7.49. The van der Waals surface area contributed by atoms with Gasteiger partial charge in [-0.3, -0.25) is 9.59 Å². The van der Waals surface area contributed by atoms with E-state index in [1.165, 1.54) is 51.5 Å². The number of ether oxygens (including phenoxy) is 2. The van der Waals surface area contributed by atoms with Crippen LogP contribution in [0.25, 0.3) is 0 Å². The number of halogens is 2. The fraction of sp³-hybridized carbons (Fsp3) is 0.222. The van der Waals surface area contributed by atoms with Crippen LogP contribution in [-0.2, 0) is 11.2 Å². The maximum atomic E-state index is 14.9. The van der Waals surface area contributed by atoms with E-state index >= 15 is 0 Å². The van der Waals surface area contributed by atoms with Crippen LogP contribution >= 0.6 is 11.6 Å². The quantitative estimate of drug-likeness (QED) is 0.742. The molecule has 0 saturated heterocycles. The Hall–Kier alpha value is -2.40. The van der Waals surface area contributed by atoms with Gasteiger partial charge in [-0.1, -0.05) is 11.6 Å². The highest BCUT2D eigenvalue weighted by Crippen LogP contribution is 2.36. The third-order valence-corrected chi connectivity index (χ3v) is 3.72. The van der Waals surface area contributed by atoms with Crippen molar-refractivity contribution in [2.24, 2.45) is 0 Å². The Bertz CT molecular complexity index is 785. The van der Waals surface area contributed by atoms with Gasteiger partial charge in [-0.25, -0.2) is 4.39 Å². The Balaban J connectivity index is 2.67. The normalized spacial score (nSPS) is 10.4. The number of hydrogen-bond acceptors (Lipinski definition) is 4. The molecule has 2 aromatic carbocycles. The van der Waals surface area contributed by atoms with Crippen LogP contribution in [0.4, 0.5) is 4.39 Å². The van der Waals surface area contributed by atoms with Gasteiger partial charge < -0.3 is 9.47 Å². The predicted octanol–water partition coefficient (Wildman–Crippen LogP) is 3.86. The van der Waals surface area contributed by atoms with E-state index in [1.807, 2.05) is 0 Å². The summed E-state index contributed by atoms with van der Waals surface area (Å²) in [6.07, 6.45) is -0.0913. The van der Waals surface area contributed by atoms with E-state index in [1.54, 1.807) is 0 Å².